The smallest absolute Gasteiger partial charge is 0.281 e. The molecule has 0 aliphatic carbocycles. The molecule has 0 saturated heterocycles. The Bertz CT molecular complexity index is 1330. The number of nitrogens with one attached hydrogen (secondary N) is 1. The Morgan fingerprint density at radius 1 is 1.00 bits per heavy atom. The van der Waals surface area contributed by atoms with Crippen LogP contribution >= 0.6 is 11.6 Å². The first kappa shape index (κ1) is 24.3. The van der Waals surface area contributed by atoms with Crippen molar-refractivity contribution in [3.8, 4) is 11.4 Å². The fourth-order valence-electron chi connectivity index (χ4n) is 4.16. The number of hydrazone groups is 1. The number of nitrogens with zero attached hydrogens (tertiary/aromatic N) is 2. The van der Waals surface area contributed by atoms with Crippen LogP contribution in [0, 0.1) is 13.8 Å². The number of aliphatic hydroxyl groups is 1. The van der Waals surface area contributed by atoms with Gasteiger partial charge in [-0.05, 0) is 49.2 Å². The number of hydrogen-bond donors (Lipinski definition) is 2. The van der Waals surface area contributed by atoms with Gasteiger partial charge in [-0.3, -0.25) is 4.79 Å². The maximum Gasteiger partial charge on any atom is 0.281 e. The number of carbonyl (C=O) groups excluding carboxylic acids is 1. The number of aryl methyl sites for hydroxylation is 1. The Morgan fingerprint density at radius 3 is 2.17 bits per heavy atom. The molecule has 0 aliphatic heterocycles. The average Bonchev–Trinajstić information content (AvgIpc) is 3.16. The van der Waals surface area contributed by atoms with E-state index >= 15 is 0 Å². The van der Waals surface area contributed by atoms with E-state index in [1.165, 1.54) is 0 Å². The molecule has 2 N–H and O–H groups in total. The first-order valence-electron chi connectivity index (χ1n) is 11.1. The Kier molecular flexibility index (Phi) is 7.05. The maximum atomic E-state index is 13.2. The van der Waals surface area contributed by atoms with Gasteiger partial charge in [0.1, 0.15) is 5.75 Å². The van der Waals surface area contributed by atoms with E-state index in [9.17, 15) is 9.90 Å². The minimum atomic E-state index is -1.90. The van der Waals surface area contributed by atoms with Gasteiger partial charge in [0.05, 0.1) is 19.0 Å². The van der Waals surface area contributed by atoms with Crippen molar-refractivity contribution in [3.05, 3.63) is 118 Å². The largest absolute Gasteiger partial charge is 0.495 e. The SMILES string of the molecule is COc1ccc(Cl)cc1-n1c(C)cc(/C=N/NC(=O)C(O)(c2ccccc2)c2ccccc2)c1C. The highest BCUT2D eigenvalue weighted by molar-refractivity contribution is 6.30. The monoisotopic (exact) mass is 487 g/mol. The molecule has 35 heavy (non-hydrogen) atoms. The second-order valence-corrected chi connectivity index (χ2v) is 8.56. The average molecular weight is 488 g/mol. The summed E-state index contributed by atoms with van der Waals surface area (Å²) >= 11 is 6.23. The van der Waals surface area contributed by atoms with Gasteiger partial charge in [0.15, 0.2) is 5.60 Å². The number of methoxy groups -OCH3 is 1. The summed E-state index contributed by atoms with van der Waals surface area (Å²) in [6.07, 6.45) is 1.56. The molecule has 0 bridgehead atoms. The minimum absolute atomic E-state index is 0.449. The van der Waals surface area contributed by atoms with E-state index < -0.39 is 11.5 Å². The van der Waals surface area contributed by atoms with Crippen LogP contribution in [0.25, 0.3) is 5.69 Å². The molecule has 0 unspecified atom stereocenters. The normalized spacial score (nSPS) is 11.6. The zero-order chi connectivity index (χ0) is 25.0. The number of halogens is 1. The van der Waals surface area contributed by atoms with Crippen LogP contribution in [0.4, 0.5) is 0 Å². The molecule has 0 spiro atoms. The molecular weight excluding hydrogens is 462 g/mol. The van der Waals surface area contributed by atoms with E-state index in [4.69, 9.17) is 16.3 Å². The second-order valence-electron chi connectivity index (χ2n) is 8.12. The predicted molar refractivity (Wildman–Crippen MR) is 138 cm³/mol. The summed E-state index contributed by atoms with van der Waals surface area (Å²) in [6.45, 7) is 3.91. The third kappa shape index (κ3) is 4.71. The summed E-state index contributed by atoms with van der Waals surface area (Å²) in [7, 11) is 1.61. The quantitative estimate of drug-likeness (QED) is 0.280. The van der Waals surface area contributed by atoms with Crippen LogP contribution in [-0.2, 0) is 10.4 Å². The van der Waals surface area contributed by atoms with E-state index in [1.807, 2.05) is 48.7 Å². The van der Waals surface area contributed by atoms with E-state index in [1.54, 1.807) is 67.9 Å². The van der Waals surface area contributed by atoms with Crippen molar-refractivity contribution in [2.24, 2.45) is 5.10 Å². The Balaban J connectivity index is 1.64. The van der Waals surface area contributed by atoms with Gasteiger partial charge in [0.25, 0.3) is 5.91 Å². The third-order valence-corrected chi connectivity index (χ3v) is 6.17. The van der Waals surface area contributed by atoms with E-state index in [2.05, 4.69) is 10.5 Å². The molecule has 1 heterocycles. The fourth-order valence-corrected chi connectivity index (χ4v) is 4.32. The molecule has 7 heteroatoms. The van der Waals surface area contributed by atoms with Crippen LogP contribution in [0.5, 0.6) is 5.75 Å². The van der Waals surface area contributed by atoms with E-state index in [0.29, 0.717) is 21.9 Å². The standard InChI is InChI=1S/C28H26ClN3O3/c1-19-16-21(20(2)32(19)25-17-24(29)14-15-26(25)35-3)18-30-31-27(33)28(34,22-10-6-4-7-11-22)23-12-8-5-9-13-23/h4-18,34H,1-3H3,(H,31,33)/b30-18+. The minimum Gasteiger partial charge on any atom is -0.495 e. The van der Waals surface area contributed by atoms with Crippen LogP contribution in [0.1, 0.15) is 28.1 Å². The van der Waals surface area contributed by atoms with Gasteiger partial charge >= 0.3 is 0 Å². The van der Waals surface area contributed by atoms with Crippen LogP contribution < -0.4 is 10.2 Å². The lowest BCUT2D eigenvalue weighted by atomic mass is 9.85. The van der Waals surface area contributed by atoms with Crippen LogP contribution in [0.15, 0.2) is 90.0 Å². The molecule has 0 radical (unpaired) electrons. The van der Waals surface area contributed by atoms with Gasteiger partial charge in [0.2, 0.25) is 0 Å². The summed E-state index contributed by atoms with van der Waals surface area (Å²) in [6, 6.07) is 25.0. The zero-order valence-electron chi connectivity index (χ0n) is 19.7. The van der Waals surface area contributed by atoms with Crippen molar-refractivity contribution in [1.82, 2.24) is 9.99 Å². The van der Waals surface area contributed by atoms with Gasteiger partial charge in [-0.1, -0.05) is 72.3 Å². The zero-order valence-corrected chi connectivity index (χ0v) is 20.5. The lowest BCUT2D eigenvalue weighted by Crippen LogP contribution is -2.43. The molecule has 3 aromatic carbocycles. The Hall–Kier alpha value is -3.87. The molecule has 1 aromatic heterocycles. The Morgan fingerprint density at radius 2 is 1.60 bits per heavy atom. The van der Waals surface area contributed by atoms with Crippen LogP contribution in [-0.4, -0.2) is 28.9 Å². The van der Waals surface area contributed by atoms with Gasteiger partial charge in [0, 0.05) is 22.0 Å². The summed E-state index contributed by atoms with van der Waals surface area (Å²) < 4.78 is 7.52. The number of benzene rings is 3. The topological polar surface area (TPSA) is 75.8 Å². The van der Waals surface area contributed by atoms with Gasteiger partial charge in [-0.15, -0.1) is 0 Å². The molecule has 4 rings (SSSR count). The Labute approximate surface area is 209 Å². The van der Waals surface area contributed by atoms with Crippen molar-refractivity contribution in [1.29, 1.82) is 0 Å². The van der Waals surface area contributed by atoms with Crippen molar-refractivity contribution < 1.29 is 14.6 Å². The summed E-state index contributed by atoms with van der Waals surface area (Å²) in [5.41, 5.74) is 4.96. The van der Waals surface area contributed by atoms with Gasteiger partial charge in [-0.2, -0.15) is 5.10 Å². The van der Waals surface area contributed by atoms with E-state index in [0.717, 1.165) is 22.6 Å². The number of aromatic nitrogens is 1. The molecule has 0 atom stereocenters. The fraction of sp³-hybridized carbons (Fsp3) is 0.143. The van der Waals surface area contributed by atoms with Crippen LogP contribution in [0.3, 0.4) is 0 Å². The van der Waals surface area contributed by atoms with Crippen molar-refractivity contribution in [2.45, 2.75) is 19.4 Å². The molecule has 6 nitrogen and oxygen atoms in total. The van der Waals surface area contributed by atoms with Gasteiger partial charge < -0.3 is 14.4 Å². The lowest BCUT2D eigenvalue weighted by molar-refractivity contribution is -0.136. The molecular formula is C28H26ClN3O3. The molecule has 1 amide bonds. The summed E-state index contributed by atoms with van der Waals surface area (Å²) in [5.74, 6) is 0.0280. The van der Waals surface area contributed by atoms with E-state index in [-0.39, 0.29) is 0 Å². The van der Waals surface area contributed by atoms with Crippen molar-refractivity contribution >= 4 is 23.7 Å². The van der Waals surface area contributed by atoms with Gasteiger partial charge in [-0.25, -0.2) is 5.43 Å². The van der Waals surface area contributed by atoms with Crippen LogP contribution in [0.2, 0.25) is 5.02 Å². The highest BCUT2D eigenvalue weighted by atomic mass is 35.5. The summed E-state index contributed by atoms with van der Waals surface area (Å²) in [5, 5.41) is 16.3. The number of amides is 1. The number of hydrogen-bond acceptors (Lipinski definition) is 4. The molecule has 0 saturated carbocycles. The molecule has 4 aromatic rings. The number of rotatable bonds is 7. The number of ether oxygens (including phenoxy) is 1. The molecule has 0 aliphatic rings. The third-order valence-electron chi connectivity index (χ3n) is 5.93. The highest BCUT2D eigenvalue weighted by Crippen LogP contribution is 2.31. The summed E-state index contributed by atoms with van der Waals surface area (Å²) in [4.78, 5) is 13.2. The first-order chi connectivity index (χ1) is 16.9. The van der Waals surface area contributed by atoms with Crippen molar-refractivity contribution in [3.63, 3.8) is 0 Å². The lowest BCUT2D eigenvalue weighted by Gasteiger charge is -2.27. The molecule has 0 fully saturated rings. The number of carbonyl (C=O) groups is 1. The highest BCUT2D eigenvalue weighted by Gasteiger charge is 2.39. The molecule has 178 valence electrons. The predicted octanol–water partition coefficient (Wildman–Crippen LogP) is 5.14. The van der Waals surface area contributed by atoms with Crippen molar-refractivity contribution in [2.75, 3.05) is 7.11 Å². The first-order valence-corrected chi connectivity index (χ1v) is 11.4. The maximum absolute atomic E-state index is 13.2. The second kappa shape index (κ2) is 10.2.